The van der Waals surface area contributed by atoms with E-state index in [-0.39, 0.29) is 11.8 Å². The van der Waals surface area contributed by atoms with Crippen LogP contribution in [0.25, 0.3) is 0 Å². The lowest BCUT2D eigenvalue weighted by Gasteiger charge is -2.09. The standard InChI is InChI=1S/C12H13N3O/c13-7-9-2-1-3-11(6-9)15-12(16)10-4-5-14-8-10/h1-3,6,10,14H,4-5,8H2,(H,15,16). The number of anilines is 1. The predicted molar refractivity (Wildman–Crippen MR) is 60.8 cm³/mol. The Hall–Kier alpha value is -1.86. The topological polar surface area (TPSA) is 64.9 Å². The molecule has 1 aliphatic heterocycles. The average Bonchev–Trinajstić information content (AvgIpc) is 2.83. The van der Waals surface area contributed by atoms with E-state index in [1.807, 2.05) is 6.07 Å². The summed E-state index contributed by atoms with van der Waals surface area (Å²) in [6.07, 6.45) is 0.879. The summed E-state index contributed by atoms with van der Waals surface area (Å²) in [7, 11) is 0. The van der Waals surface area contributed by atoms with E-state index in [1.54, 1.807) is 24.3 Å². The highest BCUT2D eigenvalue weighted by Crippen LogP contribution is 2.14. The summed E-state index contributed by atoms with van der Waals surface area (Å²) in [6.45, 7) is 1.64. The van der Waals surface area contributed by atoms with Crippen LogP contribution in [-0.2, 0) is 4.79 Å². The molecule has 1 unspecified atom stereocenters. The maximum absolute atomic E-state index is 11.8. The van der Waals surface area contributed by atoms with E-state index < -0.39 is 0 Å². The third kappa shape index (κ3) is 2.38. The van der Waals surface area contributed by atoms with Crippen molar-refractivity contribution < 1.29 is 4.79 Å². The number of amides is 1. The van der Waals surface area contributed by atoms with Gasteiger partial charge in [0.15, 0.2) is 0 Å². The Balaban J connectivity index is 2.03. The van der Waals surface area contributed by atoms with Gasteiger partial charge >= 0.3 is 0 Å². The Kier molecular flexibility index (Phi) is 3.18. The Morgan fingerprint density at radius 1 is 1.56 bits per heavy atom. The second-order valence-corrected chi connectivity index (χ2v) is 3.87. The van der Waals surface area contributed by atoms with Gasteiger partial charge in [0.2, 0.25) is 5.91 Å². The van der Waals surface area contributed by atoms with Crippen LogP contribution in [0.3, 0.4) is 0 Å². The highest BCUT2D eigenvalue weighted by molar-refractivity contribution is 5.93. The smallest absolute Gasteiger partial charge is 0.228 e. The minimum atomic E-state index is 0.0279. The zero-order valence-corrected chi connectivity index (χ0v) is 8.86. The number of nitriles is 1. The van der Waals surface area contributed by atoms with Crippen LogP contribution in [0.15, 0.2) is 24.3 Å². The first-order valence-corrected chi connectivity index (χ1v) is 5.31. The molecule has 82 valence electrons. The normalized spacial score (nSPS) is 19.1. The number of carbonyl (C=O) groups is 1. The van der Waals surface area contributed by atoms with E-state index in [4.69, 9.17) is 5.26 Å². The number of nitrogens with one attached hydrogen (secondary N) is 2. The van der Waals surface area contributed by atoms with Gasteiger partial charge in [-0.1, -0.05) is 6.07 Å². The van der Waals surface area contributed by atoms with Crippen molar-refractivity contribution in [2.75, 3.05) is 18.4 Å². The Labute approximate surface area is 94.3 Å². The van der Waals surface area contributed by atoms with Crippen molar-refractivity contribution in [2.24, 2.45) is 5.92 Å². The number of benzene rings is 1. The molecule has 1 atom stereocenters. The zero-order chi connectivity index (χ0) is 11.4. The van der Waals surface area contributed by atoms with Crippen molar-refractivity contribution in [3.8, 4) is 6.07 Å². The number of nitrogens with zero attached hydrogens (tertiary/aromatic N) is 1. The predicted octanol–water partition coefficient (Wildman–Crippen LogP) is 1.11. The lowest BCUT2D eigenvalue weighted by molar-refractivity contribution is -0.119. The van der Waals surface area contributed by atoms with Crippen molar-refractivity contribution in [2.45, 2.75) is 6.42 Å². The molecule has 1 aliphatic rings. The highest BCUT2D eigenvalue weighted by atomic mass is 16.1. The average molecular weight is 215 g/mol. The molecule has 2 rings (SSSR count). The van der Waals surface area contributed by atoms with Crippen LogP contribution in [0.4, 0.5) is 5.69 Å². The Bertz CT molecular complexity index is 430. The van der Waals surface area contributed by atoms with Gasteiger partial charge in [-0.15, -0.1) is 0 Å². The summed E-state index contributed by atoms with van der Waals surface area (Å²) in [4.78, 5) is 11.8. The van der Waals surface area contributed by atoms with E-state index >= 15 is 0 Å². The van der Waals surface area contributed by atoms with Gasteiger partial charge in [0.05, 0.1) is 17.6 Å². The molecule has 0 aliphatic carbocycles. The summed E-state index contributed by atoms with van der Waals surface area (Å²) in [5.41, 5.74) is 1.25. The molecule has 0 saturated carbocycles. The molecule has 0 aromatic heterocycles. The number of carbonyl (C=O) groups excluding carboxylic acids is 1. The number of rotatable bonds is 2. The van der Waals surface area contributed by atoms with Crippen LogP contribution in [0.5, 0.6) is 0 Å². The Morgan fingerprint density at radius 2 is 2.44 bits per heavy atom. The van der Waals surface area contributed by atoms with Crippen LogP contribution in [-0.4, -0.2) is 19.0 Å². The van der Waals surface area contributed by atoms with Gasteiger partial charge in [-0.2, -0.15) is 5.26 Å². The van der Waals surface area contributed by atoms with Crippen molar-refractivity contribution in [1.29, 1.82) is 5.26 Å². The maximum atomic E-state index is 11.8. The largest absolute Gasteiger partial charge is 0.326 e. The number of hydrogen-bond donors (Lipinski definition) is 2. The molecular weight excluding hydrogens is 202 g/mol. The molecule has 1 aromatic rings. The van der Waals surface area contributed by atoms with Crippen LogP contribution in [0.1, 0.15) is 12.0 Å². The molecule has 4 nitrogen and oxygen atoms in total. The molecule has 0 radical (unpaired) electrons. The van der Waals surface area contributed by atoms with Crippen LogP contribution in [0.2, 0.25) is 0 Å². The summed E-state index contributed by atoms with van der Waals surface area (Å²) < 4.78 is 0. The fourth-order valence-corrected chi connectivity index (χ4v) is 1.79. The summed E-state index contributed by atoms with van der Waals surface area (Å²) in [6, 6.07) is 9.00. The molecule has 0 bridgehead atoms. The van der Waals surface area contributed by atoms with Gasteiger partial charge in [-0.25, -0.2) is 0 Å². The first-order valence-electron chi connectivity index (χ1n) is 5.31. The van der Waals surface area contributed by atoms with E-state index in [1.165, 1.54) is 0 Å². The monoisotopic (exact) mass is 215 g/mol. The summed E-state index contributed by atoms with van der Waals surface area (Å²) in [5.74, 6) is 0.0748. The lowest BCUT2D eigenvalue weighted by atomic mass is 10.1. The van der Waals surface area contributed by atoms with Gasteiger partial charge in [0.1, 0.15) is 0 Å². The molecule has 1 fully saturated rings. The quantitative estimate of drug-likeness (QED) is 0.776. The fraction of sp³-hybridized carbons (Fsp3) is 0.333. The SMILES string of the molecule is N#Cc1cccc(NC(=O)C2CCNC2)c1. The van der Waals surface area contributed by atoms with Crippen LogP contribution in [0, 0.1) is 17.2 Å². The minimum Gasteiger partial charge on any atom is -0.326 e. The molecule has 4 heteroatoms. The van der Waals surface area contributed by atoms with Crippen molar-refractivity contribution in [3.63, 3.8) is 0 Å². The van der Waals surface area contributed by atoms with E-state index in [0.717, 1.165) is 19.5 Å². The fourth-order valence-electron chi connectivity index (χ4n) is 1.79. The molecule has 1 aromatic carbocycles. The maximum Gasteiger partial charge on any atom is 0.228 e. The minimum absolute atomic E-state index is 0.0279. The molecule has 16 heavy (non-hydrogen) atoms. The van der Waals surface area contributed by atoms with E-state index in [9.17, 15) is 4.79 Å². The second-order valence-electron chi connectivity index (χ2n) is 3.87. The third-order valence-electron chi connectivity index (χ3n) is 2.69. The van der Waals surface area contributed by atoms with E-state index in [2.05, 4.69) is 10.6 Å². The highest BCUT2D eigenvalue weighted by Gasteiger charge is 2.22. The molecular formula is C12H13N3O. The van der Waals surface area contributed by atoms with Gasteiger partial charge in [0.25, 0.3) is 0 Å². The first kappa shape index (κ1) is 10.7. The number of hydrogen-bond acceptors (Lipinski definition) is 3. The second kappa shape index (κ2) is 4.77. The van der Waals surface area contributed by atoms with E-state index in [0.29, 0.717) is 11.3 Å². The van der Waals surface area contributed by atoms with Crippen molar-refractivity contribution in [3.05, 3.63) is 29.8 Å². The third-order valence-corrected chi connectivity index (χ3v) is 2.69. The summed E-state index contributed by atoms with van der Waals surface area (Å²) in [5, 5.41) is 14.7. The zero-order valence-electron chi connectivity index (χ0n) is 8.86. The van der Waals surface area contributed by atoms with Crippen molar-refractivity contribution in [1.82, 2.24) is 5.32 Å². The van der Waals surface area contributed by atoms with Gasteiger partial charge in [-0.3, -0.25) is 4.79 Å². The Morgan fingerprint density at radius 3 is 3.12 bits per heavy atom. The molecule has 1 amide bonds. The van der Waals surface area contributed by atoms with Crippen LogP contribution < -0.4 is 10.6 Å². The molecule has 2 N–H and O–H groups in total. The molecule has 1 heterocycles. The first-order chi connectivity index (χ1) is 7.79. The van der Waals surface area contributed by atoms with Crippen molar-refractivity contribution >= 4 is 11.6 Å². The lowest BCUT2D eigenvalue weighted by Crippen LogP contribution is -2.24. The van der Waals surface area contributed by atoms with Crippen LogP contribution >= 0.6 is 0 Å². The van der Waals surface area contributed by atoms with Gasteiger partial charge in [0, 0.05) is 12.2 Å². The van der Waals surface area contributed by atoms with Gasteiger partial charge in [-0.05, 0) is 31.2 Å². The molecule has 0 spiro atoms. The molecule has 1 saturated heterocycles. The summed E-state index contributed by atoms with van der Waals surface area (Å²) >= 11 is 0. The van der Waals surface area contributed by atoms with Gasteiger partial charge < -0.3 is 10.6 Å².